The minimum Gasteiger partial charge on any atom is -0.365 e. The van der Waals surface area contributed by atoms with Crippen LogP contribution in [0.15, 0.2) is 29.1 Å². The van der Waals surface area contributed by atoms with E-state index in [0.29, 0.717) is 11.5 Å². The topological polar surface area (TPSA) is 75.1 Å². The number of rotatable bonds is 2. The monoisotopic (exact) mass is 243 g/mol. The Morgan fingerprint density at radius 2 is 2.11 bits per heavy atom. The van der Waals surface area contributed by atoms with E-state index in [4.69, 9.17) is 0 Å². The number of nitrogens with one attached hydrogen (secondary N) is 2. The molecular formula is C12H13N5O. The van der Waals surface area contributed by atoms with Crippen LogP contribution in [0.5, 0.6) is 0 Å². The molecule has 0 aliphatic carbocycles. The molecule has 1 aromatic carbocycles. The first-order chi connectivity index (χ1) is 8.66. The lowest BCUT2D eigenvalue weighted by Gasteiger charge is -2.10. The molecule has 0 amide bonds. The predicted octanol–water partition coefficient (Wildman–Crippen LogP) is 1.39. The van der Waals surface area contributed by atoms with E-state index in [0.717, 1.165) is 11.0 Å². The molecule has 0 spiro atoms. The van der Waals surface area contributed by atoms with Gasteiger partial charge in [0.15, 0.2) is 5.82 Å². The first-order valence-electron chi connectivity index (χ1n) is 5.79. The van der Waals surface area contributed by atoms with Crippen molar-refractivity contribution in [2.75, 3.05) is 5.32 Å². The maximum atomic E-state index is 11.8. The van der Waals surface area contributed by atoms with Crippen LogP contribution in [0, 0.1) is 0 Å². The molecule has 3 rings (SSSR count). The van der Waals surface area contributed by atoms with E-state index in [1.807, 2.05) is 38.1 Å². The molecule has 18 heavy (non-hydrogen) atoms. The summed E-state index contributed by atoms with van der Waals surface area (Å²) >= 11 is 0. The molecule has 2 aromatic heterocycles. The Bertz CT molecular complexity index is 771. The van der Waals surface area contributed by atoms with Crippen molar-refractivity contribution in [3.63, 3.8) is 0 Å². The van der Waals surface area contributed by atoms with E-state index >= 15 is 0 Å². The lowest BCUT2D eigenvalue weighted by Crippen LogP contribution is -2.15. The van der Waals surface area contributed by atoms with E-state index in [-0.39, 0.29) is 11.7 Å². The van der Waals surface area contributed by atoms with Crippen LogP contribution in [0.4, 0.5) is 5.82 Å². The molecule has 2 heterocycles. The van der Waals surface area contributed by atoms with E-state index in [1.165, 1.54) is 4.40 Å². The lowest BCUT2D eigenvalue weighted by atomic mass is 10.3. The minimum absolute atomic E-state index is 0.217. The van der Waals surface area contributed by atoms with Gasteiger partial charge < -0.3 is 5.32 Å². The number of aromatic nitrogens is 4. The number of aromatic amines is 1. The maximum absolute atomic E-state index is 11.8. The van der Waals surface area contributed by atoms with Crippen molar-refractivity contribution in [3.05, 3.63) is 34.7 Å². The average Bonchev–Trinajstić information content (AvgIpc) is 2.72. The number of para-hydroxylation sites is 2. The fourth-order valence-electron chi connectivity index (χ4n) is 1.97. The van der Waals surface area contributed by atoms with Crippen LogP contribution in [-0.2, 0) is 0 Å². The molecule has 0 saturated heterocycles. The van der Waals surface area contributed by atoms with E-state index in [1.54, 1.807) is 0 Å². The minimum atomic E-state index is -0.254. The van der Waals surface area contributed by atoms with Crippen LogP contribution in [0.25, 0.3) is 16.7 Å². The summed E-state index contributed by atoms with van der Waals surface area (Å²) in [6.45, 7) is 4.02. The summed E-state index contributed by atoms with van der Waals surface area (Å²) in [6.07, 6.45) is 0. The zero-order chi connectivity index (χ0) is 12.7. The van der Waals surface area contributed by atoms with Gasteiger partial charge in [-0.3, -0.25) is 0 Å². The Labute approximate surface area is 103 Å². The third kappa shape index (κ3) is 1.54. The average molecular weight is 243 g/mol. The number of H-pyrrole nitrogens is 1. The third-order valence-electron chi connectivity index (χ3n) is 2.66. The molecule has 0 bridgehead atoms. The van der Waals surface area contributed by atoms with Gasteiger partial charge in [-0.25, -0.2) is 19.3 Å². The van der Waals surface area contributed by atoms with Crippen molar-refractivity contribution >= 4 is 22.5 Å². The van der Waals surface area contributed by atoms with Gasteiger partial charge in [0.1, 0.15) is 0 Å². The van der Waals surface area contributed by atoms with E-state index in [2.05, 4.69) is 20.5 Å². The maximum Gasteiger partial charge on any atom is 0.348 e. The van der Waals surface area contributed by atoms with Gasteiger partial charge in [-0.15, -0.1) is 5.10 Å². The summed E-state index contributed by atoms with van der Waals surface area (Å²) in [4.78, 5) is 16.3. The van der Waals surface area contributed by atoms with Crippen LogP contribution >= 0.6 is 0 Å². The van der Waals surface area contributed by atoms with Crippen molar-refractivity contribution < 1.29 is 0 Å². The highest BCUT2D eigenvalue weighted by atomic mass is 16.1. The molecule has 0 unspecified atom stereocenters. The van der Waals surface area contributed by atoms with Crippen LogP contribution in [-0.4, -0.2) is 25.6 Å². The van der Waals surface area contributed by atoms with Crippen molar-refractivity contribution in [3.8, 4) is 0 Å². The second-order valence-corrected chi connectivity index (χ2v) is 4.44. The highest BCUT2D eigenvalue weighted by Crippen LogP contribution is 2.18. The Morgan fingerprint density at radius 3 is 2.89 bits per heavy atom. The molecule has 0 aliphatic heterocycles. The fourth-order valence-corrected chi connectivity index (χ4v) is 1.97. The normalized spacial score (nSPS) is 11.5. The molecule has 92 valence electrons. The number of hydrogen-bond acceptors (Lipinski definition) is 4. The summed E-state index contributed by atoms with van der Waals surface area (Å²) in [7, 11) is 0. The standard InChI is InChI=1S/C12H13N5O/c1-7(2)13-10-11-15-16-12(18)17(11)9-6-4-3-5-8(9)14-10/h3-7H,1-2H3,(H,13,14)(H,16,18). The van der Waals surface area contributed by atoms with Crippen LogP contribution in [0.3, 0.4) is 0 Å². The second kappa shape index (κ2) is 3.83. The second-order valence-electron chi connectivity index (χ2n) is 4.44. The largest absolute Gasteiger partial charge is 0.365 e. The summed E-state index contributed by atoms with van der Waals surface area (Å²) in [5, 5.41) is 9.68. The van der Waals surface area contributed by atoms with Gasteiger partial charge in [-0.1, -0.05) is 12.1 Å². The Kier molecular flexibility index (Phi) is 2.29. The first-order valence-corrected chi connectivity index (χ1v) is 5.79. The highest BCUT2D eigenvalue weighted by molar-refractivity contribution is 5.82. The van der Waals surface area contributed by atoms with Gasteiger partial charge in [0.2, 0.25) is 5.65 Å². The molecular weight excluding hydrogens is 230 g/mol. The third-order valence-corrected chi connectivity index (χ3v) is 2.66. The van der Waals surface area contributed by atoms with Crippen molar-refractivity contribution in [1.82, 2.24) is 19.6 Å². The zero-order valence-corrected chi connectivity index (χ0v) is 10.1. The lowest BCUT2D eigenvalue weighted by molar-refractivity contribution is 0.889. The SMILES string of the molecule is CC(C)Nc1nc2ccccc2n2c(=O)[nH]nc12. The Morgan fingerprint density at radius 1 is 1.33 bits per heavy atom. The van der Waals surface area contributed by atoms with Gasteiger partial charge in [0.25, 0.3) is 0 Å². The Balaban J connectivity index is 2.44. The summed E-state index contributed by atoms with van der Waals surface area (Å²) < 4.78 is 1.53. The molecule has 0 saturated carbocycles. The van der Waals surface area contributed by atoms with Crippen LogP contribution in [0.2, 0.25) is 0 Å². The number of fused-ring (bicyclic) bond motifs is 3. The molecule has 3 aromatic rings. The zero-order valence-electron chi connectivity index (χ0n) is 10.1. The van der Waals surface area contributed by atoms with Gasteiger partial charge in [-0.2, -0.15) is 0 Å². The van der Waals surface area contributed by atoms with Gasteiger partial charge in [-0.05, 0) is 26.0 Å². The molecule has 0 radical (unpaired) electrons. The number of benzene rings is 1. The Hall–Kier alpha value is -2.37. The molecule has 6 nitrogen and oxygen atoms in total. The van der Waals surface area contributed by atoms with E-state index < -0.39 is 0 Å². The number of hydrogen-bond donors (Lipinski definition) is 2. The number of anilines is 1. The summed E-state index contributed by atoms with van der Waals surface area (Å²) in [5.41, 5.74) is 1.78. The highest BCUT2D eigenvalue weighted by Gasteiger charge is 2.12. The first kappa shape index (κ1) is 10.8. The molecule has 2 N–H and O–H groups in total. The fraction of sp³-hybridized carbons (Fsp3) is 0.250. The molecule has 0 aliphatic rings. The quantitative estimate of drug-likeness (QED) is 0.713. The summed E-state index contributed by atoms with van der Waals surface area (Å²) in [6, 6.07) is 7.71. The van der Waals surface area contributed by atoms with Crippen molar-refractivity contribution in [2.24, 2.45) is 0 Å². The number of nitrogens with zero attached hydrogens (tertiary/aromatic N) is 3. The van der Waals surface area contributed by atoms with Crippen LogP contribution < -0.4 is 11.0 Å². The smallest absolute Gasteiger partial charge is 0.348 e. The predicted molar refractivity (Wildman–Crippen MR) is 69.9 cm³/mol. The van der Waals surface area contributed by atoms with Crippen molar-refractivity contribution in [2.45, 2.75) is 19.9 Å². The molecule has 0 atom stereocenters. The van der Waals surface area contributed by atoms with E-state index in [9.17, 15) is 4.79 Å². The van der Waals surface area contributed by atoms with Gasteiger partial charge in [0.05, 0.1) is 11.0 Å². The molecule has 6 heteroatoms. The summed E-state index contributed by atoms with van der Waals surface area (Å²) in [5.74, 6) is 0.613. The molecule has 0 fully saturated rings. The van der Waals surface area contributed by atoms with Crippen LogP contribution in [0.1, 0.15) is 13.8 Å². The van der Waals surface area contributed by atoms with Crippen molar-refractivity contribution in [1.29, 1.82) is 0 Å². The van der Waals surface area contributed by atoms with Gasteiger partial charge in [0, 0.05) is 6.04 Å². The van der Waals surface area contributed by atoms with Gasteiger partial charge >= 0.3 is 5.69 Å².